The number of anilines is 1. The molecule has 1 aliphatic rings. The molecular weight excluding hydrogens is 374 g/mol. The lowest BCUT2D eigenvalue weighted by Crippen LogP contribution is -2.36. The maximum Gasteiger partial charge on any atom is 0.319 e. The lowest BCUT2D eigenvalue weighted by atomic mass is 10.1. The summed E-state index contributed by atoms with van der Waals surface area (Å²) in [5.41, 5.74) is 1.70. The summed E-state index contributed by atoms with van der Waals surface area (Å²) in [5.74, 6) is 0. The molecule has 0 aliphatic carbocycles. The largest absolute Gasteiger partial charge is 0.335 e. The quantitative estimate of drug-likeness (QED) is 0.744. The van der Waals surface area contributed by atoms with Gasteiger partial charge in [0, 0.05) is 24.8 Å². The van der Waals surface area contributed by atoms with Gasteiger partial charge in [-0.2, -0.15) is 4.31 Å². The van der Waals surface area contributed by atoms with E-state index in [1.165, 1.54) is 15.9 Å². The van der Waals surface area contributed by atoms with Crippen LogP contribution in [0.25, 0.3) is 0 Å². The van der Waals surface area contributed by atoms with Crippen molar-refractivity contribution in [3.05, 3.63) is 60.2 Å². The highest BCUT2D eigenvalue weighted by atomic mass is 32.2. The molecule has 2 N–H and O–H groups in total. The van der Waals surface area contributed by atoms with E-state index < -0.39 is 10.0 Å². The van der Waals surface area contributed by atoms with Gasteiger partial charge in [0.2, 0.25) is 10.0 Å². The Kier molecular flexibility index (Phi) is 6.70. The van der Waals surface area contributed by atoms with Crippen LogP contribution in [-0.4, -0.2) is 37.9 Å². The second-order valence-electron chi connectivity index (χ2n) is 7.16. The Labute approximate surface area is 167 Å². The summed E-state index contributed by atoms with van der Waals surface area (Å²) >= 11 is 0. The number of nitrogens with one attached hydrogen (secondary N) is 2. The topological polar surface area (TPSA) is 78.5 Å². The van der Waals surface area contributed by atoms with E-state index in [1.807, 2.05) is 25.1 Å². The maximum atomic E-state index is 12.7. The van der Waals surface area contributed by atoms with Crippen LogP contribution in [0.4, 0.5) is 10.5 Å². The Morgan fingerprint density at radius 3 is 2.50 bits per heavy atom. The first-order valence-electron chi connectivity index (χ1n) is 9.67. The zero-order valence-corrected chi connectivity index (χ0v) is 16.9. The van der Waals surface area contributed by atoms with E-state index in [9.17, 15) is 13.2 Å². The highest BCUT2D eigenvalue weighted by molar-refractivity contribution is 7.89. The Morgan fingerprint density at radius 2 is 1.79 bits per heavy atom. The highest BCUT2D eigenvalue weighted by Crippen LogP contribution is 2.23. The van der Waals surface area contributed by atoms with Crippen molar-refractivity contribution in [1.29, 1.82) is 0 Å². The van der Waals surface area contributed by atoms with Gasteiger partial charge in [0.25, 0.3) is 0 Å². The first-order valence-corrected chi connectivity index (χ1v) is 11.1. The third-order valence-corrected chi connectivity index (χ3v) is 6.78. The number of carbonyl (C=O) groups is 1. The van der Waals surface area contributed by atoms with Crippen molar-refractivity contribution in [1.82, 2.24) is 9.62 Å². The van der Waals surface area contributed by atoms with Crippen molar-refractivity contribution < 1.29 is 13.2 Å². The molecule has 6 nitrogen and oxygen atoms in total. The van der Waals surface area contributed by atoms with Crippen LogP contribution in [0.1, 0.15) is 31.7 Å². The number of amides is 2. The molecule has 0 radical (unpaired) electrons. The number of sulfonamides is 1. The lowest BCUT2D eigenvalue weighted by Gasteiger charge is -2.17. The Bertz CT molecular complexity index is 894. The van der Waals surface area contributed by atoms with E-state index in [0.29, 0.717) is 18.8 Å². The summed E-state index contributed by atoms with van der Waals surface area (Å²) in [4.78, 5) is 12.5. The molecule has 0 saturated carbocycles. The zero-order chi connectivity index (χ0) is 20.0. The molecule has 1 atom stereocenters. The summed E-state index contributed by atoms with van der Waals surface area (Å²) in [6, 6.07) is 16.2. The molecule has 2 amide bonds. The van der Waals surface area contributed by atoms with E-state index in [4.69, 9.17) is 0 Å². The van der Waals surface area contributed by atoms with E-state index in [0.717, 1.165) is 25.7 Å². The van der Waals surface area contributed by atoms with Gasteiger partial charge >= 0.3 is 6.03 Å². The number of nitrogens with zero attached hydrogens (tertiary/aromatic N) is 1. The molecule has 1 fully saturated rings. The average Bonchev–Trinajstić information content (AvgIpc) is 3.23. The maximum absolute atomic E-state index is 12.7. The van der Waals surface area contributed by atoms with Gasteiger partial charge in [-0.05, 0) is 56.4 Å². The summed E-state index contributed by atoms with van der Waals surface area (Å²) in [6.07, 6.45) is 3.48. The zero-order valence-electron chi connectivity index (χ0n) is 16.1. The number of rotatable bonds is 7. The van der Waals surface area contributed by atoms with Gasteiger partial charge in [-0.1, -0.05) is 36.4 Å². The fourth-order valence-electron chi connectivity index (χ4n) is 3.30. The Morgan fingerprint density at radius 1 is 1.07 bits per heavy atom. The predicted molar refractivity (Wildman–Crippen MR) is 111 cm³/mol. The van der Waals surface area contributed by atoms with Gasteiger partial charge in [0.05, 0.1) is 4.90 Å². The van der Waals surface area contributed by atoms with Crippen molar-refractivity contribution in [3.63, 3.8) is 0 Å². The minimum Gasteiger partial charge on any atom is -0.335 e. The fourth-order valence-corrected chi connectivity index (χ4v) is 4.87. The van der Waals surface area contributed by atoms with Crippen LogP contribution >= 0.6 is 0 Å². The molecule has 0 spiro atoms. The minimum absolute atomic E-state index is 0.00304. The monoisotopic (exact) mass is 401 g/mol. The van der Waals surface area contributed by atoms with Gasteiger partial charge in [-0.25, -0.2) is 13.2 Å². The molecule has 150 valence electrons. The molecule has 0 bridgehead atoms. The van der Waals surface area contributed by atoms with Crippen LogP contribution in [0.5, 0.6) is 0 Å². The number of hydrogen-bond donors (Lipinski definition) is 2. The van der Waals surface area contributed by atoms with Crippen LogP contribution in [0.3, 0.4) is 0 Å². The van der Waals surface area contributed by atoms with Crippen molar-refractivity contribution in [2.24, 2.45) is 0 Å². The second kappa shape index (κ2) is 9.21. The van der Waals surface area contributed by atoms with Crippen molar-refractivity contribution in [2.45, 2.75) is 43.5 Å². The van der Waals surface area contributed by atoms with Crippen LogP contribution in [0.15, 0.2) is 59.5 Å². The molecule has 7 heteroatoms. The van der Waals surface area contributed by atoms with E-state index in [2.05, 4.69) is 22.8 Å². The predicted octanol–water partition coefficient (Wildman–Crippen LogP) is 3.61. The first-order chi connectivity index (χ1) is 13.4. The van der Waals surface area contributed by atoms with Gasteiger partial charge < -0.3 is 10.6 Å². The Balaban J connectivity index is 1.55. The highest BCUT2D eigenvalue weighted by Gasteiger charge is 2.27. The third-order valence-electron chi connectivity index (χ3n) is 4.88. The molecule has 1 aliphatic heterocycles. The molecule has 2 aromatic carbocycles. The summed E-state index contributed by atoms with van der Waals surface area (Å²) < 4.78 is 26.8. The van der Waals surface area contributed by atoms with Crippen molar-refractivity contribution >= 4 is 21.7 Å². The summed E-state index contributed by atoms with van der Waals surface area (Å²) in [5, 5.41) is 5.64. The number of aryl methyl sites for hydroxylation is 1. The van der Waals surface area contributed by atoms with Gasteiger partial charge in [0.15, 0.2) is 0 Å². The number of urea groups is 1. The number of hydrogen-bond acceptors (Lipinski definition) is 3. The van der Waals surface area contributed by atoms with Gasteiger partial charge in [0.1, 0.15) is 0 Å². The number of carbonyl (C=O) groups excluding carboxylic acids is 1. The van der Waals surface area contributed by atoms with Crippen LogP contribution in [-0.2, 0) is 16.4 Å². The first kappa shape index (κ1) is 20.4. The lowest BCUT2D eigenvalue weighted by molar-refractivity contribution is 0.248. The van der Waals surface area contributed by atoms with E-state index in [1.54, 1.807) is 18.2 Å². The van der Waals surface area contributed by atoms with Gasteiger partial charge in [-0.3, -0.25) is 0 Å². The van der Waals surface area contributed by atoms with Gasteiger partial charge in [-0.15, -0.1) is 0 Å². The fraction of sp³-hybridized carbons (Fsp3) is 0.381. The third kappa shape index (κ3) is 5.33. The molecule has 1 heterocycles. The van der Waals surface area contributed by atoms with Crippen LogP contribution in [0, 0.1) is 0 Å². The second-order valence-corrected chi connectivity index (χ2v) is 9.10. The van der Waals surface area contributed by atoms with Crippen LogP contribution in [0.2, 0.25) is 0 Å². The molecule has 2 aromatic rings. The van der Waals surface area contributed by atoms with E-state index >= 15 is 0 Å². The Hall–Kier alpha value is -2.38. The average molecular weight is 402 g/mol. The standard InChI is InChI=1S/C21H27N3O3S/c1-17(12-13-18-8-3-2-4-9-18)22-21(25)23-19-10-7-11-20(16-19)28(26,27)24-14-5-6-15-24/h2-4,7-11,16-17H,5-6,12-15H2,1H3,(H2,22,23,25)/t17-/m1/s1. The molecule has 1 saturated heterocycles. The smallest absolute Gasteiger partial charge is 0.319 e. The summed E-state index contributed by atoms with van der Waals surface area (Å²) in [6.45, 7) is 3.07. The summed E-state index contributed by atoms with van der Waals surface area (Å²) in [7, 11) is -3.50. The number of benzene rings is 2. The van der Waals surface area contributed by atoms with Crippen molar-refractivity contribution in [3.8, 4) is 0 Å². The molecule has 28 heavy (non-hydrogen) atoms. The molecule has 0 aromatic heterocycles. The normalized spacial score (nSPS) is 15.9. The van der Waals surface area contributed by atoms with E-state index in [-0.39, 0.29) is 17.0 Å². The van der Waals surface area contributed by atoms with Crippen LogP contribution < -0.4 is 10.6 Å². The molecule has 0 unspecified atom stereocenters. The molecular formula is C21H27N3O3S. The van der Waals surface area contributed by atoms with Crippen molar-refractivity contribution in [2.75, 3.05) is 18.4 Å². The minimum atomic E-state index is -3.50. The molecule has 3 rings (SSSR count). The SMILES string of the molecule is C[C@H](CCc1ccccc1)NC(=O)Nc1cccc(S(=O)(=O)N2CCCC2)c1.